The van der Waals surface area contributed by atoms with Gasteiger partial charge in [0, 0.05) is 46.3 Å². The van der Waals surface area contributed by atoms with E-state index in [1.807, 2.05) is 37.3 Å². The summed E-state index contributed by atoms with van der Waals surface area (Å²) < 4.78 is 0. The number of likely N-dealkylation sites (N-methyl/N-ethyl adjacent to an activating group) is 1. The molecule has 0 aromatic heterocycles. The SMILES string of the molecule is CC(C(=O)NC1CC1)N1CCN(C(C(=O)N(C)C)c2ccccc2)CC1. The van der Waals surface area contributed by atoms with Gasteiger partial charge in [-0.2, -0.15) is 0 Å². The molecule has 0 radical (unpaired) electrons. The van der Waals surface area contributed by atoms with Crippen molar-refractivity contribution in [1.29, 1.82) is 0 Å². The Bertz CT molecular complexity index is 622. The highest BCUT2D eigenvalue weighted by Gasteiger charge is 2.34. The number of benzene rings is 1. The molecule has 1 aromatic carbocycles. The summed E-state index contributed by atoms with van der Waals surface area (Å²) in [6.07, 6.45) is 2.22. The van der Waals surface area contributed by atoms with Crippen LogP contribution in [0.3, 0.4) is 0 Å². The van der Waals surface area contributed by atoms with Crippen molar-refractivity contribution in [1.82, 2.24) is 20.0 Å². The predicted octanol–water partition coefficient (Wildman–Crippen LogP) is 1.10. The Morgan fingerprint density at radius 1 is 1.04 bits per heavy atom. The van der Waals surface area contributed by atoms with Gasteiger partial charge in [-0.3, -0.25) is 19.4 Å². The van der Waals surface area contributed by atoms with Crippen molar-refractivity contribution in [2.45, 2.75) is 37.9 Å². The molecule has 1 N–H and O–H groups in total. The van der Waals surface area contributed by atoms with Crippen molar-refractivity contribution in [3.05, 3.63) is 35.9 Å². The van der Waals surface area contributed by atoms with Crippen LogP contribution in [0, 0.1) is 0 Å². The van der Waals surface area contributed by atoms with Crippen LogP contribution in [0.2, 0.25) is 0 Å². The van der Waals surface area contributed by atoms with Gasteiger partial charge in [0.25, 0.3) is 0 Å². The zero-order chi connectivity index (χ0) is 18.7. The minimum absolute atomic E-state index is 0.101. The molecule has 0 spiro atoms. The zero-order valence-electron chi connectivity index (χ0n) is 16.0. The highest BCUT2D eigenvalue weighted by molar-refractivity contribution is 5.83. The largest absolute Gasteiger partial charge is 0.352 e. The quantitative estimate of drug-likeness (QED) is 0.827. The zero-order valence-corrected chi connectivity index (χ0v) is 16.0. The highest BCUT2D eigenvalue weighted by Crippen LogP contribution is 2.25. The van der Waals surface area contributed by atoms with E-state index < -0.39 is 0 Å². The van der Waals surface area contributed by atoms with Gasteiger partial charge < -0.3 is 10.2 Å². The summed E-state index contributed by atoms with van der Waals surface area (Å²) in [5.74, 6) is 0.231. The molecule has 26 heavy (non-hydrogen) atoms. The molecule has 2 unspecified atom stereocenters. The second-order valence-corrected chi connectivity index (χ2v) is 7.58. The van der Waals surface area contributed by atoms with Crippen LogP contribution in [-0.2, 0) is 9.59 Å². The third-order valence-corrected chi connectivity index (χ3v) is 5.35. The molecule has 0 bridgehead atoms. The van der Waals surface area contributed by atoms with Crippen molar-refractivity contribution in [2.24, 2.45) is 0 Å². The number of amides is 2. The molecule has 1 heterocycles. The summed E-state index contributed by atoms with van der Waals surface area (Å²) in [5.41, 5.74) is 1.03. The third-order valence-electron chi connectivity index (χ3n) is 5.35. The van der Waals surface area contributed by atoms with Crippen molar-refractivity contribution >= 4 is 11.8 Å². The van der Waals surface area contributed by atoms with Crippen LogP contribution in [0.4, 0.5) is 0 Å². The van der Waals surface area contributed by atoms with E-state index in [9.17, 15) is 9.59 Å². The number of carbonyl (C=O) groups is 2. The number of rotatable bonds is 6. The average molecular weight is 358 g/mol. The van der Waals surface area contributed by atoms with E-state index in [0.717, 1.165) is 44.6 Å². The maximum atomic E-state index is 12.8. The molecule has 1 saturated heterocycles. The Labute approximate surface area is 156 Å². The Hall–Kier alpha value is -1.92. The van der Waals surface area contributed by atoms with Crippen molar-refractivity contribution in [3.63, 3.8) is 0 Å². The molecule has 1 aliphatic carbocycles. The first-order valence-corrected chi connectivity index (χ1v) is 9.52. The van der Waals surface area contributed by atoms with Crippen molar-refractivity contribution < 1.29 is 9.59 Å². The highest BCUT2D eigenvalue weighted by atomic mass is 16.2. The fourth-order valence-electron chi connectivity index (χ4n) is 3.49. The fourth-order valence-corrected chi connectivity index (χ4v) is 3.49. The van der Waals surface area contributed by atoms with Crippen LogP contribution >= 0.6 is 0 Å². The normalized spacial score (nSPS) is 21.0. The molecular formula is C20H30N4O2. The van der Waals surface area contributed by atoms with Gasteiger partial charge in [-0.15, -0.1) is 0 Å². The summed E-state index contributed by atoms with van der Waals surface area (Å²) in [4.78, 5) is 31.2. The fraction of sp³-hybridized carbons (Fsp3) is 0.600. The lowest BCUT2D eigenvalue weighted by Gasteiger charge is -2.41. The van der Waals surface area contributed by atoms with E-state index in [1.54, 1.807) is 19.0 Å². The minimum atomic E-state index is -0.260. The van der Waals surface area contributed by atoms with Crippen LogP contribution in [0.1, 0.15) is 31.4 Å². The van der Waals surface area contributed by atoms with Gasteiger partial charge in [-0.1, -0.05) is 30.3 Å². The molecule has 2 atom stereocenters. The first kappa shape index (κ1) is 18.9. The van der Waals surface area contributed by atoms with E-state index in [0.29, 0.717) is 6.04 Å². The molecule has 6 heteroatoms. The summed E-state index contributed by atoms with van der Waals surface area (Å²) >= 11 is 0. The Morgan fingerprint density at radius 3 is 2.15 bits per heavy atom. The smallest absolute Gasteiger partial charge is 0.244 e. The first-order chi connectivity index (χ1) is 12.5. The molecule has 142 valence electrons. The van der Waals surface area contributed by atoms with Crippen molar-refractivity contribution in [2.75, 3.05) is 40.3 Å². The van der Waals surface area contributed by atoms with Gasteiger partial charge in [0.2, 0.25) is 11.8 Å². The number of hydrogen-bond acceptors (Lipinski definition) is 4. The monoisotopic (exact) mass is 358 g/mol. The van der Waals surface area contributed by atoms with Gasteiger partial charge in [0.1, 0.15) is 6.04 Å². The number of nitrogens with one attached hydrogen (secondary N) is 1. The van der Waals surface area contributed by atoms with E-state index in [2.05, 4.69) is 15.1 Å². The van der Waals surface area contributed by atoms with Gasteiger partial charge >= 0.3 is 0 Å². The van der Waals surface area contributed by atoms with Gasteiger partial charge in [0.05, 0.1) is 6.04 Å². The summed E-state index contributed by atoms with van der Waals surface area (Å²) in [5, 5.41) is 3.09. The molecule has 6 nitrogen and oxygen atoms in total. The number of carbonyl (C=O) groups excluding carboxylic acids is 2. The molecular weight excluding hydrogens is 328 g/mol. The maximum absolute atomic E-state index is 12.8. The molecule has 2 fully saturated rings. The second-order valence-electron chi connectivity index (χ2n) is 7.58. The standard InChI is InChI=1S/C20H30N4O2/c1-15(19(25)21-17-9-10-17)23-11-13-24(14-12-23)18(20(26)22(2)3)16-7-5-4-6-8-16/h4-8,15,17-18H,9-14H2,1-3H3,(H,21,25). The van der Waals surface area contributed by atoms with Crippen LogP contribution in [0.25, 0.3) is 0 Å². The average Bonchev–Trinajstić information content (AvgIpc) is 3.46. The van der Waals surface area contributed by atoms with Crippen LogP contribution in [0.15, 0.2) is 30.3 Å². The van der Waals surface area contributed by atoms with Gasteiger partial charge in [-0.25, -0.2) is 0 Å². The lowest BCUT2D eigenvalue weighted by atomic mass is 10.0. The number of nitrogens with zero attached hydrogens (tertiary/aromatic N) is 3. The third kappa shape index (κ3) is 4.43. The van der Waals surface area contributed by atoms with E-state index in [4.69, 9.17) is 0 Å². The maximum Gasteiger partial charge on any atom is 0.244 e. The Kier molecular flexibility index (Phi) is 5.94. The van der Waals surface area contributed by atoms with Gasteiger partial charge in [-0.05, 0) is 25.3 Å². The lowest BCUT2D eigenvalue weighted by molar-refractivity contribution is -0.136. The Balaban J connectivity index is 1.63. The topological polar surface area (TPSA) is 55.9 Å². The van der Waals surface area contributed by atoms with E-state index in [-0.39, 0.29) is 23.9 Å². The minimum Gasteiger partial charge on any atom is -0.352 e. The van der Waals surface area contributed by atoms with E-state index >= 15 is 0 Å². The first-order valence-electron chi connectivity index (χ1n) is 9.52. The van der Waals surface area contributed by atoms with Crippen LogP contribution in [-0.4, -0.2) is 78.9 Å². The van der Waals surface area contributed by atoms with Crippen LogP contribution < -0.4 is 5.32 Å². The summed E-state index contributed by atoms with van der Waals surface area (Å²) in [6.45, 7) is 5.12. The predicted molar refractivity (Wildman–Crippen MR) is 102 cm³/mol. The van der Waals surface area contributed by atoms with E-state index in [1.165, 1.54) is 0 Å². The van der Waals surface area contributed by atoms with Crippen LogP contribution in [0.5, 0.6) is 0 Å². The molecule has 2 amide bonds. The second kappa shape index (κ2) is 8.18. The number of hydrogen-bond donors (Lipinski definition) is 1. The molecule has 3 rings (SSSR count). The molecule has 1 saturated carbocycles. The number of piperazine rings is 1. The molecule has 1 aliphatic heterocycles. The summed E-state index contributed by atoms with van der Waals surface area (Å²) in [7, 11) is 3.61. The summed E-state index contributed by atoms with van der Waals surface area (Å²) in [6, 6.07) is 9.98. The molecule has 1 aromatic rings. The van der Waals surface area contributed by atoms with Gasteiger partial charge in [0.15, 0.2) is 0 Å². The van der Waals surface area contributed by atoms with Crippen molar-refractivity contribution in [3.8, 4) is 0 Å². The Morgan fingerprint density at radius 2 is 1.62 bits per heavy atom. The lowest BCUT2D eigenvalue weighted by Crippen LogP contribution is -2.56. The molecule has 2 aliphatic rings.